The number of fused-ring (bicyclic) bond motifs is 1. The SMILES string of the molecule is Cn1nnnc1Sc1cc(-c2ccccc2)nc2ncnn12. The molecular weight excluding hydrogens is 300 g/mol. The lowest BCUT2D eigenvalue weighted by Gasteiger charge is -2.06. The molecule has 0 amide bonds. The number of hydrogen-bond acceptors (Lipinski definition) is 7. The Bertz CT molecular complexity index is 930. The van der Waals surface area contributed by atoms with Gasteiger partial charge in [-0.3, -0.25) is 0 Å². The Morgan fingerprint density at radius 3 is 2.77 bits per heavy atom. The van der Waals surface area contributed by atoms with Gasteiger partial charge in [-0.25, -0.2) is 9.67 Å². The highest BCUT2D eigenvalue weighted by Crippen LogP contribution is 2.28. The van der Waals surface area contributed by atoms with Crippen LogP contribution in [0.5, 0.6) is 0 Å². The van der Waals surface area contributed by atoms with Crippen molar-refractivity contribution in [1.82, 2.24) is 39.8 Å². The van der Waals surface area contributed by atoms with Gasteiger partial charge in [0.25, 0.3) is 5.78 Å². The van der Waals surface area contributed by atoms with Crippen LogP contribution in [0.3, 0.4) is 0 Å². The quantitative estimate of drug-likeness (QED) is 0.529. The Kier molecular flexibility index (Phi) is 3.04. The van der Waals surface area contributed by atoms with E-state index in [4.69, 9.17) is 0 Å². The van der Waals surface area contributed by atoms with Gasteiger partial charge in [-0.1, -0.05) is 30.3 Å². The van der Waals surface area contributed by atoms with E-state index in [-0.39, 0.29) is 0 Å². The summed E-state index contributed by atoms with van der Waals surface area (Å²) in [6, 6.07) is 11.9. The standard InChI is InChI=1S/C13H10N8S/c1-20-13(17-18-19-20)22-11-7-10(9-5-3-2-4-6-9)16-12-14-8-15-21(11)12/h2-8H,1H3. The van der Waals surface area contributed by atoms with Crippen molar-refractivity contribution in [2.45, 2.75) is 10.2 Å². The zero-order chi connectivity index (χ0) is 14.9. The van der Waals surface area contributed by atoms with Crippen molar-refractivity contribution in [3.63, 3.8) is 0 Å². The van der Waals surface area contributed by atoms with Gasteiger partial charge in [0.2, 0.25) is 5.16 Å². The molecule has 4 aromatic rings. The van der Waals surface area contributed by atoms with E-state index < -0.39 is 0 Å². The number of aromatic nitrogens is 8. The molecular formula is C13H10N8S. The fraction of sp³-hybridized carbons (Fsp3) is 0.0769. The smallest absolute Gasteiger partial charge is 0.223 e. The van der Waals surface area contributed by atoms with Gasteiger partial charge in [0, 0.05) is 12.6 Å². The summed E-state index contributed by atoms with van der Waals surface area (Å²) >= 11 is 1.41. The fourth-order valence-electron chi connectivity index (χ4n) is 2.02. The Labute approximate surface area is 129 Å². The van der Waals surface area contributed by atoms with Gasteiger partial charge in [0.15, 0.2) is 0 Å². The second-order valence-corrected chi connectivity index (χ2v) is 5.49. The Hall–Kier alpha value is -2.81. The summed E-state index contributed by atoms with van der Waals surface area (Å²) in [7, 11) is 1.79. The van der Waals surface area contributed by atoms with Gasteiger partial charge in [-0.15, -0.1) is 5.10 Å². The summed E-state index contributed by atoms with van der Waals surface area (Å²) in [5.41, 5.74) is 1.85. The predicted octanol–water partition coefficient (Wildman–Crippen LogP) is 1.47. The Balaban J connectivity index is 1.86. The van der Waals surface area contributed by atoms with E-state index >= 15 is 0 Å². The van der Waals surface area contributed by atoms with Crippen molar-refractivity contribution in [3.05, 3.63) is 42.7 Å². The molecule has 0 radical (unpaired) electrons. The third-order valence-corrected chi connectivity index (χ3v) is 4.09. The van der Waals surface area contributed by atoms with Gasteiger partial charge < -0.3 is 0 Å². The van der Waals surface area contributed by atoms with Crippen LogP contribution in [0, 0.1) is 0 Å². The van der Waals surface area contributed by atoms with Gasteiger partial charge in [0.05, 0.1) is 5.69 Å². The molecule has 4 rings (SSSR count). The van der Waals surface area contributed by atoms with Crippen LogP contribution in [-0.2, 0) is 7.05 Å². The summed E-state index contributed by atoms with van der Waals surface area (Å²) in [6.45, 7) is 0. The third kappa shape index (κ3) is 2.21. The van der Waals surface area contributed by atoms with Crippen LogP contribution in [0.2, 0.25) is 0 Å². The molecule has 9 heteroatoms. The zero-order valence-electron chi connectivity index (χ0n) is 11.5. The molecule has 3 heterocycles. The van der Waals surface area contributed by atoms with Gasteiger partial charge >= 0.3 is 0 Å². The van der Waals surface area contributed by atoms with E-state index in [1.165, 1.54) is 18.1 Å². The minimum absolute atomic E-state index is 0.541. The molecule has 0 aliphatic rings. The van der Waals surface area contributed by atoms with Crippen LogP contribution in [0.4, 0.5) is 0 Å². The maximum Gasteiger partial charge on any atom is 0.253 e. The van der Waals surface area contributed by atoms with Crippen molar-refractivity contribution < 1.29 is 0 Å². The molecule has 0 aliphatic carbocycles. The van der Waals surface area contributed by atoms with E-state index in [2.05, 4.69) is 30.6 Å². The highest BCUT2D eigenvalue weighted by molar-refractivity contribution is 7.99. The minimum Gasteiger partial charge on any atom is -0.223 e. The zero-order valence-corrected chi connectivity index (χ0v) is 12.3. The first kappa shape index (κ1) is 12.9. The maximum atomic E-state index is 4.54. The molecule has 8 nitrogen and oxygen atoms in total. The first-order valence-corrected chi connectivity index (χ1v) is 7.29. The molecule has 0 aliphatic heterocycles. The van der Waals surface area contributed by atoms with Crippen LogP contribution < -0.4 is 0 Å². The van der Waals surface area contributed by atoms with Crippen LogP contribution >= 0.6 is 11.8 Å². The average molecular weight is 310 g/mol. The molecule has 0 atom stereocenters. The number of rotatable bonds is 3. The van der Waals surface area contributed by atoms with Crippen molar-refractivity contribution in [2.75, 3.05) is 0 Å². The highest BCUT2D eigenvalue weighted by Gasteiger charge is 2.13. The van der Waals surface area contributed by atoms with Crippen molar-refractivity contribution in [2.24, 2.45) is 7.05 Å². The first-order chi connectivity index (χ1) is 10.8. The lowest BCUT2D eigenvalue weighted by molar-refractivity contribution is 0.663. The normalized spacial score (nSPS) is 11.1. The number of benzene rings is 1. The maximum absolute atomic E-state index is 4.54. The summed E-state index contributed by atoms with van der Waals surface area (Å²) in [5, 5.41) is 17.2. The van der Waals surface area contributed by atoms with Crippen molar-refractivity contribution in [3.8, 4) is 11.3 Å². The van der Waals surface area contributed by atoms with E-state index in [9.17, 15) is 0 Å². The molecule has 3 aromatic heterocycles. The number of tetrazole rings is 1. The van der Waals surface area contributed by atoms with Crippen LogP contribution in [0.15, 0.2) is 52.9 Å². The summed E-state index contributed by atoms with van der Waals surface area (Å²) in [5.74, 6) is 0.541. The lowest BCUT2D eigenvalue weighted by atomic mass is 10.1. The summed E-state index contributed by atoms with van der Waals surface area (Å²) in [6.07, 6.45) is 1.48. The molecule has 108 valence electrons. The third-order valence-electron chi connectivity index (χ3n) is 3.07. The molecule has 0 spiro atoms. The highest BCUT2D eigenvalue weighted by atomic mass is 32.2. The van der Waals surface area contributed by atoms with Gasteiger partial charge in [-0.05, 0) is 28.3 Å². The predicted molar refractivity (Wildman–Crippen MR) is 79.1 cm³/mol. The molecule has 0 N–H and O–H groups in total. The molecule has 0 unspecified atom stereocenters. The van der Waals surface area contributed by atoms with Crippen LogP contribution in [0.25, 0.3) is 17.0 Å². The van der Waals surface area contributed by atoms with E-state index in [1.54, 1.807) is 16.2 Å². The minimum atomic E-state index is 0.541. The molecule has 0 saturated carbocycles. The lowest BCUT2D eigenvalue weighted by Crippen LogP contribution is -1.99. The van der Waals surface area contributed by atoms with Gasteiger partial charge in [-0.2, -0.15) is 14.6 Å². The number of aryl methyl sites for hydroxylation is 1. The summed E-state index contributed by atoms with van der Waals surface area (Å²) in [4.78, 5) is 8.72. The molecule has 0 saturated heterocycles. The Morgan fingerprint density at radius 1 is 1.14 bits per heavy atom. The molecule has 0 bridgehead atoms. The second kappa shape index (κ2) is 5.19. The largest absolute Gasteiger partial charge is 0.253 e. The molecule has 22 heavy (non-hydrogen) atoms. The monoisotopic (exact) mass is 310 g/mol. The first-order valence-electron chi connectivity index (χ1n) is 6.48. The topological polar surface area (TPSA) is 86.7 Å². The fourth-order valence-corrected chi connectivity index (χ4v) is 2.83. The second-order valence-electron chi connectivity index (χ2n) is 4.50. The number of hydrogen-bond donors (Lipinski definition) is 0. The van der Waals surface area contributed by atoms with Crippen LogP contribution in [-0.4, -0.2) is 39.8 Å². The van der Waals surface area contributed by atoms with E-state index in [1.807, 2.05) is 36.4 Å². The average Bonchev–Trinajstić information content (AvgIpc) is 3.17. The Morgan fingerprint density at radius 2 is 2.00 bits per heavy atom. The van der Waals surface area contributed by atoms with Crippen LogP contribution in [0.1, 0.15) is 0 Å². The molecule has 1 aromatic carbocycles. The van der Waals surface area contributed by atoms with E-state index in [0.717, 1.165) is 16.3 Å². The van der Waals surface area contributed by atoms with Crippen molar-refractivity contribution >= 4 is 17.5 Å². The van der Waals surface area contributed by atoms with Crippen molar-refractivity contribution in [1.29, 1.82) is 0 Å². The number of nitrogens with zero attached hydrogens (tertiary/aromatic N) is 8. The summed E-state index contributed by atoms with van der Waals surface area (Å²) < 4.78 is 3.28. The molecule has 0 fully saturated rings. The van der Waals surface area contributed by atoms with E-state index in [0.29, 0.717) is 10.9 Å². The van der Waals surface area contributed by atoms with Gasteiger partial charge in [0.1, 0.15) is 11.4 Å².